The number of halogens is 3. The molecule has 1 aliphatic rings. The molecule has 0 spiro atoms. The molecular weight excluding hydrogens is 367 g/mol. The van der Waals surface area contributed by atoms with Gasteiger partial charge < -0.3 is 4.74 Å². The summed E-state index contributed by atoms with van der Waals surface area (Å²) < 4.78 is 72.8. The highest BCUT2D eigenvalue weighted by Crippen LogP contribution is 2.35. The van der Waals surface area contributed by atoms with Gasteiger partial charge in [0, 0.05) is 25.2 Å². The Morgan fingerprint density at radius 3 is 2.38 bits per heavy atom. The van der Waals surface area contributed by atoms with Crippen LogP contribution in [0.15, 0.2) is 47.4 Å². The summed E-state index contributed by atoms with van der Waals surface area (Å²) >= 11 is 0. The quantitative estimate of drug-likeness (QED) is 0.860. The second-order valence-electron chi connectivity index (χ2n) is 6.30. The average molecular weight is 385 g/mol. The van der Waals surface area contributed by atoms with Crippen LogP contribution in [0.3, 0.4) is 0 Å². The van der Waals surface area contributed by atoms with Crippen molar-refractivity contribution >= 4 is 10.0 Å². The summed E-state index contributed by atoms with van der Waals surface area (Å²) in [4.78, 5) is -0.363. The van der Waals surface area contributed by atoms with Crippen LogP contribution in [-0.4, -0.2) is 28.2 Å². The van der Waals surface area contributed by atoms with E-state index < -0.39 is 32.9 Å². The maximum absolute atomic E-state index is 13.7. The fraction of sp³-hybridized carbons (Fsp3) is 0.333. The summed E-state index contributed by atoms with van der Waals surface area (Å²) in [7, 11) is -4.05. The maximum atomic E-state index is 13.7. The second-order valence-corrected chi connectivity index (χ2v) is 8.07. The molecule has 3 rings (SSSR count). The number of benzene rings is 2. The molecule has 1 saturated heterocycles. The Balaban J connectivity index is 1.87. The molecule has 2 aromatic carbocycles. The minimum absolute atomic E-state index is 0.00113. The lowest BCUT2D eigenvalue weighted by atomic mass is 9.74. The fourth-order valence-corrected chi connectivity index (χ4v) is 4.25. The van der Waals surface area contributed by atoms with Crippen molar-refractivity contribution in [2.75, 3.05) is 19.8 Å². The average Bonchev–Trinajstić information content (AvgIpc) is 2.63. The predicted molar refractivity (Wildman–Crippen MR) is 89.7 cm³/mol. The van der Waals surface area contributed by atoms with E-state index in [0.717, 1.165) is 12.1 Å². The van der Waals surface area contributed by atoms with Crippen molar-refractivity contribution in [2.24, 2.45) is 0 Å². The molecule has 0 aliphatic carbocycles. The Morgan fingerprint density at radius 2 is 1.73 bits per heavy atom. The molecule has 0 bridgehead atoms. The molecule has 1 heterocycles. The second kappa shape index (κ2) is 7.38. The van der Waals surface area contributed by atoms with Crippen LogP contribution in [0.1, 0.15) is 18.4 Å². The van der Waals surface area contributed by atoms with Gasteiger partial charge in [-0.15, -0.1) is 0 Å². The zero-order chi connectivity index (χ0) is 18.8. The first-order valence-corrected chi connectivity index (χ1v) is 9.59. The number of rotatable bonds is 5. The van der Waals surface area contributed by atoms with Gasteiger partial charge in [0.05, 0.1) is 4.90 Å². The van der Waals surface area contributed by atoms with Crippen LogP contribution in [0.5, 0.6) is 0 Å². The third-order valence-electron chi connectivity index (χ3n) is 4.69. The Morgan fingerprint density at radius 1 is 1.00 bits per heavy atom. The fourth-order valence-electron chi connectivity index (χ4n) is 3.11. The molecule has 0 aromatic heterocycles. The van der Waals surface area contributed by atoms with Crippen LogP contribution in [0.25, 0.3) is 0 Å². The van der Waals surface area contributed by atoms with Crippen LogP contribution < -0.4 is 4.72 Å². The molecule has 0 amide bonds. The topological polar surface area (TPSA) is 55.4 Å². The van der Waals surface area contributed by atoms with E-state index >= 15 is 0 Å². The first-order valence-electron chi connectivity index (χ1n) is 8.11. The summed E-state index contributed by atoms with van der Waals surface area (Å²) in [6, 6.07) is 8.43. The molecule has 140 valence electrons. The van der Waals surface area contributed by atoms with Gasteiger partial charge in [-0.05, 0) is 48.7 Å². The van der Waals surface area contributed by atoms with E-state index in [2.05, 4.69) is 4.72 Å². The molecule has 0 radical (unpaired) electrons. The Hall–Kier alpha value is -1.90. The molecule has 0 unspecified atom stereocenters. The largest absolute Gasteiger partial charge is 0.381 e. The molecule has 2 aromatic rings. The van der Waals surface area contributed by atoms with E-state index in [1.54, 1.807) is 12.1 Å². The van der Waals surface area contributed by atoms with Crippen molar-refractivity contribution in [3.05, 3.63) is 65.5 Å². The summed E-state index contributed by atoms with van der Waals surface area (Å²) in [5.74, 6) is -2.76. The van der Waals surface area contributed by atoms with Gasteiger partial charge in [0.15, 0.2) is 11.6 Å². The van der Waals surface area contributed by atoms with Crippen LogP contribution in [0.2, 0.25) is 0 Å². The van der Waals surface area contributed by atoms with E-state index in [1.165, 1.54) is 12.1 Å². The van der Waals surface area contributed by atoms with E-state index in [1.807, 2.05) is 0 Å². The molecule has 0 saturated carbocycles. The van der Waals surface area contributed by atoms with Gasteiger partial charge in [-0.2, -0.15) is 0 Å². The van der Waals surface area contributed by atoms with Crippen molar-refractivity contribution in [2.45, 2.75) is 23.2 Å². The highest BCUT2D eigenvalue weighted by Gasteiger charge is 2.36. The van der Waals surface area contributed by atoms with Crippen molar-refractivity contribution in [1.29, 1.82) is 0 Å². The number of hydrogen-bond donors (Lipinski definition) is 1. The third-order valence-corrected chi connectivity index (χ3v) is 6.09. The molecule has 1 N–H and O–H groups in total. The first-order chi connectivity index (χ1) is 12.3. The number of sulfonamides is 1. The lowest BCUT2D eigenvalue weighted by Crippen LogP contribution is -2.44. The predicted octanol–water partition coefficient (Wildman–Crippen LogP) is 3.13. The number of hydrogen-bond acceptors (Lipinski definition) is 3. The van der Waals surface area contributed by atoms with E-state index in [9.17, 15) is 21.6 Å². The Labute approximate surface area is 150 Å². The van der Waals surface area contributed by atoms with E-state index in [4.69, 9.17) is 4.74 Å². The zero-order valence-corrected chi connectivity index (χ0v) is 14.7. The minimum atomic E-state index is -4.05. The molecular formula is C18H18F3NO3S. The molecule has 1 fully saturated rings. The van der Waals surface area contributed by atoms with E-state index in [-0.39, 0.29) is 11.4 Å². The van der Waals surface area contributed by atoms with Crippen LogP contribution >= 0.6 is 0 Å². The first kappa shape index (κ1) is 18.9. The molecule has 8 heteroatoms. The van der Waals surface area contributed by atoms with Gasteiger partial charge in [0.1, 0.15) is 5.82 Å². The standard InChI is InChI=1S/C18H18F3NO3S/c19-14-3-1-2-13(10-14)18(6-8-25-9-7-18)12-22-26(23,24)15-4-5-16(20)17(21)11-15/h1-5,10-11,22H,6-9,12H2. The highest BCUT2D eigenvalue weighted by atomic mass is 32.2. The molecule has 26 heavy (non-hydrogen) atoms. The molecule has 4 nitrogen and oxygen atoms in total. The van der Waals surface area contributed by atoms with Crippen LogP contribution in [0, 0.1) is 17.5 Å². The lowest BCUT2D eigenvalue weighted by molar-refractivity contribution is 0.0516. The number of nitrogens with one attached hydrogen (secondary N) is 1. The van der Waals surface area contributed by atoms with Gasteiger partial charge in [0.2, 0.25) is 10.0 Å². The van der Waals surface area contributed by atoms with Gasteiger partial charge in [0.25, 0.3) is 0 Å². The normalized spacial score (nSPS) is 17.2. The van der Waals surface area contributed by atoms with Crippen LogP contribution in [0.4, 0.5) is 13.2 Å². The lowest BCUT2D eigenvalue weighted by Gasteiger charge is -2.37. The highest BCUT2D eigenvalue weighted by molar-refractivity contribution is 7.89. The van der Waals surface area contributed by atoms with Crippen molar-refractivity contribution in [3.8, 4) is 0 Å². The van der Waals surface area contributed by atoms with Crippen molar-refractivity contribution < 1.29 is 26.3 Å². The molecule has 1 aliphatic heterocycles. The monoisotopic (exact) mass is 385 g/mol. The van der Waals surface area contributed by atoms with Gasteiger partial charge in [-0.25, -0.2) is 26.3 Å². The van der Waals surface area contributed by atoms with Gasteiger partial charge >= 0.3 is 0 Å². The van der Waals surface area contributed by atoms with Gasteiger partial charge in [-0.3, -0.25) is 0 Å². The smallest absolute Gasteiger partial charge is 0.240 e. The van der Waals surface area contributed by atoms with Gasteiger partial charge in [-0.1, -0.05) is 12.1 Å². The summed E-state index contributed by atoms with van der Waals surface area (Å²) in [5, 5.41) is 0. The van der Waals surface area contributed by atoms with Crippen molar-refractivity contribution in [3.63, 3.8) is 0 Å². The summed E-state index contributed by atoms with van der Waals surface area (Å²) in [5.41, 5.74) is 0.0419. The Kier molecular flexibility index (Phi) is 5.36. The minimum Gasteiger partial charge on any atom is -0.381 e. The maximum Gasteiger partial charge on any atom is 0.240 e. The SMILES string of the molecule is O=S(=O)(NCC1(c2cccc(F)c2)CCOCC1)c1ccc(F)c(F)c1. The van der Waals surface area contributed by atoms with Crippen molar-refractivity contribution in [1.82, 2.24) is 4.72 Å². The van der Waals surface area contributed by atoms with Crippen LogP contribution in [-0.2, 0) is 20.2 Å². The Bertz CT molecular complexity index is 896. The molecule has 0 atom stereocenters. The third kappa shape index (κ3) is 3.92. The summed E-state index contributed by atoms with van der Waals surface area (Å²) in [6.07, 6.45) is 1.02. The summed E-state index contributed by atoms with van der Waals surface area (Å²) in [6.45, 7) is 0.841. The number of ether oxygens (including phenoxy) is 1. The van der Waals surface area contributed by atoms with E-state index in [0.29, 0.717) is 37.7 Å². The zero-order valence-electron chi connectivity index (χ0n) is 13.8.